The van der Waals surface area contributed by atoms with Crippen LogP contribution in [0, 0.1) is 0 Å². The van der Waals surface area contributed by atoms with Crippen LogP contribution >= 0.6 is 0 Å². The lowest BCUT2D eigenvalue weighted by Crippen LogP contribution is -2.73. The lowest BCUT2D eigenvalue weighted by molar-refractivity contribution is -0.137. The largest absolute Gasteiger partial charge is 0.492 e. The molecule has 8 N–H and O–H groups in total. The molecule has 16 heteroatoms. The van der Waals surface area contributed by atoms with E-state index in [0.717, 1.165) is 24.2 Å². The standard InChI is InChI=1S/C28H32F3N9O4/c1-26(2)7-9-44-19-14(4-3-5-15(19)26)22(42)36-18-12-40-25(33)37-17(20-27(40,21(18)41)39-24(32)38-20)11-35-23(43)16-10-13(6-8-34-16)28(29,30)31/h3-6,8,10,17-18,20-21,41H,7,9,11-12H2,1-2H3,(H2,33,37)(H,35,43)(H,36,42)(H3,32,38,39)/t17-,18?,20?,21+,27?/m0/s1. The number of benzene rings is 1. The van der Waals surface area contributed by atoms with Crippen LogP contribution in [0.5, 0.6) is 5.75 Å². The van der Waals surface area contributed by atoms with Crippen LogP contribution in [0.1, 0.15) is 52.2 Å². The molecule has 2 amide bonds. The van der Waals surface area contributed by atoms with E-state index in [2.05, 4.69) is 44.8 Å². The topological polar surface area (TPSA) is 193 Å². The van der Waals surface area contributed by atoms with Crippen LogP contribution in [0.25, 0.3) is 0 Å². The predicted octanol–water partition coefficient (Wildman–Crippen LogP) is 0.0451. The average Bonchev–Trinajstić information content (AvgIpc) is 3.46. The van der Waals surface area contributed by atoms with Gasteiger partial charge in [0.05, 0.1) is 29.8 Å². The van der Waals surface area contributed by atoms with Gasteiger partial charge in [0.2, 0.25) is 0 Å². The first-order valence-corrected chi connectivity index (χ1v) is 14.0. The van der Waals surface area contributed by atoms with Crippen LogP contribution in [0.3, 0.4) is 0 Å². The van der Waals surface area contributed by atoms with Crippen molar-refractivity contribution in [1.82, 2.24) is 25.8 Å². The van der Waals surface area contributed by atoms with Gasteiger partial charge in [-0.25, -0.2) is 9.98 Å². The number of alkyl halides is 3. The Morgan fingerprint density at radius 1 is 1.20 bits per heavy atom. The van der Waals surface area contributed by atoms with Crippen molar-refractivity contribution in [3.8, 4) is 5.75 Å². The number of halogens is 3. The Hall–Kier alpha value is -4.60. The number of aromatic nitrogens is 1. The summed E-state index contributed by atoms with van der Waals surface area (Å²) in [5, 5.41) is 20.1. The Labute approximate surface area is 249 Å². The van der Waals surface area contributed by atoms with Gasteiger partial charge in [0.1, 0.15) is 23.6 Å². The molecule has 5 heterocycles. The molecule has 5 atom stereocenters. The number of ether oxygens (including phenoxy) is 1. The zero-order valence-electron chi connectivity index (χ0n) is 23.9. The van der Waals surface area contributed by atoms with Gasteiger partial charge in [0.15, 0.2) is 17.6 Å². The summed E-state index contributed by atoms with van der Waals surface area (Å²) >= 11 is 0. The fourth-order valence-electron chi connectivity index (χ4n) is 6.42. The Morgan fingerprint density at radius 3 is 2.73 bits per heavy atom. The van der Waals surface area contributed by atoms with Gasteiger partial charge in [-0.1, -0.05) is 26.0 Å². The van der Waals surface area contributed by atoms with Gasteiger partial charge in [0.25, 0.3) is 11.8 Å². The molecule has 0 bridgehead atoms. The minimum atomic E-state index is -4.65. The number of hydrogen-bond donors (Lipinski definition) is 6. The molecule has 1 aromatic carbocycles. The summed E-state index contributed by atoms with van der Waals surface area (Å²) in [5.74, 6) is -0.831. The van der Waals surface area contributed by atoms with Crippen molar-refractivity contribution in [3.05, 3.63) is 58.9 Å². The number of fused-ring (bicyclic) bond motifs is 1. The van der Waals surface area contributed by atoms with Crippen molar-refractivity contribution in [3.63, 3.8) is 0 Å². The van der Waals surface area contributed by atoms with Crippen molar-refractivity contribution in [2.24, 2.45) is 21.5 Å². The number of rotatable bonds is 5. The van der Waals surface area contributed by atoms with Gasteiger partial charge in [-0.3, -0.25) is 14.6 Å². The summed E-state index contributed by atoms with van der Waals surface area (Å²) in [4.78, 5) is 40.5. The van der Waals surface area contributed by atoms with E-state index in [1.165, 1.54) is 0 Å². The van der Waals surface area contributed by atoms with E-state index in [1.807, 2.05) is 6.07 Å². The highest BCUT2D eigenvalue weighted by molar-refractivity contribution is 5.98. The molecule has 4 aliphatic rings. The lowest BCUT2D eigenvalue weighted by atomic mass is 9.79. The highest BCUT2D eigenvalue weighted by Crippen LogP contribution is 2.42. The molecule has 0 aliphatic carbocycles. The van der Waals surface area contributed by atoms with Crippen molar-refractivity contribution in [1.29, 1.82) is 0 Å². The molecule has 44 heavy (non-hydrogen) atoms. The number of amides is 2. The first-order chi connectivity index (χ1) is 20.7. The monoisotopic (exact) mass is 615 g/mol. The number of nitrogens with two attached hydrogens (primary N) is 2. The summed E-state index contributed by atoms with van der Waals surface area (Å²) in [6, 6.07) is 4.20. The number of carbonyl (C=O) groups is 2. The summed E-state index contributed by atoms with van der Waals surface area (Å²) < 4.78 is 45.3. The quantitative estimate of drug-likeness (QED) is 0.270. The minimum Gasteiger partial charge on any atom is -0.492 e. The molecule has 0 saturated carbocycles. The highest BCUT2D eigenvalue weighted by atomic mass is 19.4. The smallest absolute Gasteiger partial charge is 0.416 e. The molecule has 1 spiro atoms. The first kappa shape index (κ1) is 29.5. The van der Waals surface area contributed by atoms with Gasteiger partial charge in [-0.15, -0.1) is 0 Å². The number of aliphatic hydroxyl groups is 1. The van der Waals surface area contributed by atoms with E-state index in [0.29, 0.717) is 24.0 Å². The maximum absolute atomic E-state index is 13.6. The molecular weight excluding hydrogens is 583 g/mol. The summed E-state index contributed by atoms with van der Waals surface area (Å²) in [5.41, 5.74) is 10.6. The van der Waals surface area contributed by atoms with Gasteiger partial charge < -0.3 is 42.2 Å². The Balaban J connectivity index is 1.21. The summed E-state index contributed by atoms with van der Waals surface area (Å²) in [7, 11) is 0. The van der Waals surface area contributed by atoms with Crippen molar-refractivity contribution < 1.29 is 32.6 Å². The number of nitrogens with zero attached hydrogens (tertiary/aromatic N) is 4. The van der Waals surface area contributed by atoms with Crippen LogP contribution in [-0.2, 0) is 11.6 Å². The second kappa shape index (κ2) is 10.2. The first-order valence-electron chi connectivity index (χ1n) is 14.0. The van der Waals surface area contributed by atoms with Gasteiger partial charge >= 0.3 is 6.18 Å². The minimum absolute atomic E-state index is 0.00642. The molecule has 1 aromatic heterocycles. The maximum atomic E-state index is 13.6. The van der Waals surface area contributed by atoms with Crippen LogP contribution in [0.2, 0.25) is 0 Å². The maximum Gasteiger partial charge on any atom is 0.416 e. The Kier molecular flexibility index (Phi) is 6.86. The second-order valence-electron chi connectivity index (χ2n) is 11.9. The van der Waals surface area contributed by atoms with Crippen LogP contribution < -0.4 is 32.2 Å². The number of pyridine rings is 1. The SMILES string of the molecule is CC1(C)CCOc2c(C(=O)NC3CN4C(N)=N[C@@H](CNC(=O)c5cc(C(F)(F)F)ccn5)C5N=C(N)NC54[C@@H]3O)cccc21. The molecule has 0 radical (unpaired) electrons. The van der Waals surface area contributed by atoms with E-state index in [-0.39, 0.29) is 30.4 Å². The molecule has 13 nitrogen and oxygen atoms in total. The van der Waals surface area contributed by atoms with Crippen LogP contribution in [-0.4, -0.2) is 88.3 Å². The average molecular weight is 616 g/mol. The predicted molar refractivity (Wildman–Crippen MR) is 152 cm³/mol. The normalized spacial score (nSPS) is 28.4. The van der Waals surface area contributed by atoms with Crippen LogP contribution in [0.4, 0.5) is 13.2 Å². The third-order valence-electron chi connectivity index (χ3n) is 8.72. The van der Waals surface area contributed by atoms with E-state index < -0.39 is 59.1 Å². The Morgan fingerprint density at radius 2 is 1.98 bits per heavy atom. The fourth-order valence-corrected chi connectivity index (χ4v) is 6.42. The van der Waals surface area contributed by atoms with Gasteiger partial charge in [-0.2, -0.15) is 13.2 Å². The van der Waals surface area contributed by atoms with E-state index >= 15 is 0 Å². The Bertz CT molecular complexity index is 1580. The molecule has 4 aliphatic heterocycles. The second-order valence-corrected chi connectivity index (χ2v) is 11.9. The van der Waals surface area contributed by atoms with Crippen LogP contribution in [0.15, 0.2) is 46.5 Å². The van der Waals surface area contributed by atoms with E-state index in [4.69, 9.17) is 16.2 Å². The van der Waals surface area contributed by atoms with Crippen molar-refractivity contribution in [2.75, 3.05) is 19.7 Å². The number of carbonyl (C=O) groups excluding carboxylic acids is 2. The zero-order chi connectivity index (χ0) is 31.6. The third kappa shape index (κ3) is 4.73. The van der Waals surface area contributed by atoms with Gasteiger partial charge in [-0.05, 0) is 30.0 Å². The van der Waals surface area contributed by atoms with Crippen molar-refractivity contribution >= 4 is 23.7 Å². The number of para-hydroxylation sites is 1. The fraction of sp³-hybridized carbons (Fsp3) is 0.464. The van der Waals surface area contributed by atoms with E-state index in [1.54, 1.807) is 17.0 Å². The zero-order valence-corrected chi connectivity index (χ0v) is 23.9. The molecule has 1 fully saturated rings. The van der Waals surface area contributed by atoms with E-state index in [9.17, 15) is 27.9 Å². The summed E-state index contributed by atoms with van der Waals surface area (Å²) in [6.07, 6.45) is -4.24. The third-order valence-corrected chi connectivity index (χ3v) is 8.72. The molecule has 1 saturated heterocycles. The lowest BCUT2D eigenvalue weighted by Gasteiger charge is -2.46. The highest BCUT2D eigenvalue weighted by Gasteiger charge is 2.65. The van der Waals surface area contributed by atoms with Crippen molar-refractivity contribution in [2.45, 2.75) is 61.8 Å². The number of guanidine groups is 2. The number of nitrogens with one attached hydrogen (secondary N) is 3. The summed E-state index contributed by atoms with van der Waals surface area (Å²) in [6.45, 7) is 4.49. The molecular formula is C28H32F3N9O4. The number of hydrogen-bond acceptors (Lipinski definition) is 11. The number of aliphatic imine (C=N–C) groups is 2. The van der Waals surface area contributed by atoms with Gasteiger partial charge in [0, 0.05) is 24.8 Å². The molecule has 2 aromatic rings. The molecule has 3 unspecified atom stereocenters. The molecule has 6 rings (SSSR count). The number of aliphatic hydroxyl groups excluding tert-OH is 1. The molecule has 234 valence electrons.